The average molecular weight is 236 g/mol. The molecule has 0 aromatic carbocycles. The number of nitrogens with one attached hydrogen (secondary N) is 1. The predicted octanol–water partition coefficient (Wildman–Crippen LogP) is 1.05. The molecule has 2 N–H and O–H groups in total. The molecule has 1 unspecified atom stereocenters. The van der Waals surface area contributed by atoms with Gasteiger partial charge in [0.05, 0.1) is 12.9 Å². The zero-order valence-corrected chi connectivity index (χ0v) is 9.21. The third-order valence-electron chi connectivity index (χ3n) is 2.16. The van der Waals surface area contributed by atoms with Crippen molar-refractivity contribution in [2.45, 2.75) is 13.0 Å². The molecule has 1 amide bonds. The van der Waals surface area contributed by atoms with Gasteiger partial charge in [0.15, 0.2) is 11.5 Å². The molecular formula is C11H12N2O4. The first kappa shape index (κ1) is 11.4. The lowest BCUT2D eigenvalue weighted by atomic mass is 10.3. The molecule has 0 spiro atoms. The minimum absolute atomic E-state index is 0.130. The van der Waals surface area contributed by atoms with Crippen LogP contribution in [0.2, 0.25) is 0 Å². The molecular weight excluding hydrogens is 224 g/mol. The van der Waals surface area contributed by atoms with Crippen molar-refractivity contribution in [3.8, 4) is 11.5 Å². The number of hydrogen-bond acceptors (Lipinski definition) is 5. The summed E-state index contributed by atoms with van der Waals surface area (Å²) in [5.41, 5.74) is 0.150. The molecule has 90 valence electrons. The molecule has 0 saturated heterocycles. The molecule has 0 aliphatic carbocycles. The first-order valence-electron chi connectivity index (χ1n) is 5.13. The van der Waals surface area contributed by atoms with Crippen molar-refractivity contribution in [1.29, 1.82) is 0 Å². The van der Waals surface area contributed by atoms with Crippen molar-refractivity contribution in [1.82, 2.24) is 10.5 Å². The van der Waals surface area contributed by atoms with Crippen molar-refractivity contribution in [2.24, 2.45) is 0 Å². The molecule has 1 atom stereocenters. The zero-order valence-electron chi connectivity index (χ0n) is 9.21. The molecule has 0 fully saturated rings. The van der Waals surface area contributed by atoms with E-state index in [1.54, 1.807) is 19.1 Å². The van der Waals surface area contributed by atoms with Gasteiger partial charge in [0.25, 0.3) is 5.91 Å². The van der Waals surface area contributed by atoms with E-state index in [0.29, 0.717) is 11.5 Å². The van der Waals surface area contributed by atoms with Crippen LogP contribution < -0.4 is 5.32 Å². The van der Waals surface area contributed by atoms with Crippen LogP contribution in [0.5, 0.6) is 0 Å². The Bertz CT molecular complexity index is 489. The third-order valence-corrected chi connectivity index (χ3v) is 2.16. The lowest BCUT2D eigenvalue weighted by Gasteiger charge is -2.07. The molecule has 6 nitrogen and oxygen atoms in total. The summed E-state index contributed by atoms with van der Waals surface area (Å²) in [6, 6.07) is 4.58. The Hall–Kier alpha value is -2.08. The Morgan fingerprint density at radius 1 is 1.59 bits per heavy atom. The lowest BCUT2D eigenvalue weighted by Crippen LogP contribution is -2.35. The summed E-state index contributed by atoms with van der Waals surface area (Å²) < 4.78 is 10.1. The molecule has 0 aliphatic rings. The van der Waals surface area contributed by atoms with Gasteiger partial charge in [-0.25, -0.2) is 0 Å². The largest absolute Gasteiger partial charge is 0.461 e. The van der Waals surface area contributed by atoms with Crippen LogP contribution in [-0.4, -0.2) is 28.8 Å². The van der Waals surface area contributed by atoms with Gasteiger partial charge >= 0.3 is 0 Å². The molecule has 0 saturated carbocycles. The predicted molar refractivity (Wildman–Crippen MR) is 58.2 cm³/mol. The van der Waals surface area contributed by atoms with Gasteiger partial charge in [-0.15, -0.1) is 0 Å². The number of aromatic nitrogens is 1. The molecule has 2 heterocycles. The van der Waals surface area contributed by atoms with E-state index in [9.17, 15) is 4.79 Å². The number of hydrogen-bond donors (Lipinski definition) is 2. The highest BCUT2D eigenvalue weighted by atomic mass is 16.5. The number of furan rings is 1. The molecule has 0 aliphatic heterocycles. The van der Waals surface area contributed by atoms with E-state index in [1.807, 2.05) is 0 Å². The monoisotopic (exact) mass is 236 g/mol. The standard InChI is InChI=1S/C11H12N2O4/c1-7(6-14)12-11(15)8-5-10(17-13-8)9-3-2-4-16-9/h2-5,7,14H,6H2,1H3,(H,12,15). The summed E-state index contributed by atoms with van der Waals surface area (Å²) in [7, 11) is 0. The molecule has 2 rings (SSSR count). The number of aliphatic hydroxyl groups excluding tert-OH is 1. The van der Waals surface area contributed by atoms with Gasteiger partial charge in [0.1, 0.15) is 0 Å². The molecule has 0 radical (unpaired) electrons. The third kappa shape index (κ3) is 2.54. The van der Waals surface area contributed by atoms with Crippen molar-refractivity contribution in [3.63, 3.8) is 0 Å². The van der Waals surface area contributed by atoms with Crippen LogP contribution in [0.1, 0.15) is 17.4 Å². The summed E-state index contributed by atoms with van der Waals surface area (Å²) in [4.78, 5) is 11.6. The quantitative estimate of drug-likeness (QED) is 0.828. The second kappa shape index (κ2) is 4.84. The summed E-state index contributed by atoms with van der Waals surface area (Å²) in [5, 5.41) is 15.0. The van der Waals surface area contributed by atoms with Gasteiger partial charge in [-0.2, -0.15) is 0 Å². The number of amides is 1. The number of carbonyl (C=O) groups is 1. The van der Waals surface area contributed by atoms with Crippen LogP contribution in [0.25, 0.3) is 11.5 Å². The Morgan fingerprint density at radius 3 is 3.06 bits per heavy atom. The number of aliphatic hydroxyl groups is 1. The average Bonchev–Trinajstić information content (AvgIpc) is 2.98. The number of nitrogens with zero attached hydrogens (tertiary/aromatic N) is 1. The minimum atomic E-state index is -0.395. The topological polar surface area (TPSA) is 88.5 Å². The Kier molecular flexibility index (Phi) is 3.24. The number of carbonyl (C=O) groups excluding carboxylic acids is 1. The second-order valence-electron chi connectivity index (χ2n) is 3.61. The molecule has 17 heavy (non-hydrogen) atoms. The highest BCUT2D eigenvalue weighted by molar-refractivity contribution is 5.93. The van der Waals surface area contributed by atoms with Gasteiger partial charge in [0.2, 0.25) is 5.76 Å². The lowest BCUT2D eigenvalue weighted by molar-refractivity contribution is 0.0913. The van der Waals surface area contributed by atoms with Gasteiger partial charge in [-0.3, -0.25) is 4.79 Å². The van der Waals surface area contributed by atoms with Crippen LogP contribution in [0.15, 0.2) is 33.4 Å². The van der Waals surface area contributed by atoms with E-state index in [-0.39, 0.29) is 18.3 Å². The first-order chi connectivity index (χ1) is 8.20. The fourth-order valence-corrected chi connectivity index (χ4v) is 1.26. The maximum Gasteiger partial charge on any atom is 0.273 e. The maximum atomic E-state index is 11.6. The van der Waals surface area contributed by atoms with E-state index in [0.717, 1.165) is 0 Å². The van der Waals surface area contributed by atoms with Crippen molar-refractivity contribution < 1.29 is 18.8 Å². The van der Waals surface area contributed by atoms with Gasteiger partial charge in [0, 0.05) is 12.1 Å². The van der Waals surface area contributed by atoms with E-state index in [1.165, 1.54) is 12.3 Å². The van der Waals surface area contributed by atoms with Gasteiger partial charge in [-0.05, 0) is 19.1 Å². The summed E-state index contributed by atoms with van der Waals surface area (Å²) in [6.07, 6.45) is 1.51. The fourth-order valence-electron chi connectivity index (χ4n) is 1.26. The Labute approximate surface area is 97.2 Å². The minimum Gasteiger partial charge on any atom is -0.461 e. The normalized spacial score (nSPS) is 12.4. The smallest absolute Gasteiger partial charge is 0.273 e. The van der Waals surface area contributed by atoms with Crippen molar-refractivity contribution in [3.05, 3.63) is 30.2 Å². The zero-order chi connectivity index (χ0) is 12.3. The first-order valence-corrected chi connectivity index (χ1v) is 5.13. The van der Waals surface area contributed by atoms with E-state index < -0.39 is 5.91 Å². The second-order valence-corrected chi connectivity index (χ2v) is 3.61. The summed E-state index contributed by atoms with van der Waals surface area (Å²) in [6.45, 7) is 1.56. The Balaban J connectivity index is 2.11. The van der Waals surface area contributed by atoms with Crippen molar-refractivity contribution >= 4 is 5.91 Å². The fraction of sp³-hybridized carbons (Fsp3) is 0.273. The molecule has 2 aromatic heterocycles. The van der Waals surface area contributed by atoms with Crippen LogP contribution in [-0.2, 0) is 0 Å². The van der Waals surface area contributed by atoms with Crippen LogP contribution >= 0.6 is 0 Å². The Morgan fingerprint density at radius 2 is 2.41 bits per heavy atom. The number of rotatable bonds is 4. The highest BCUT2D eigenvalue weighted by Gasteiger charge is 2.16. The SMILES string of the molecule is CC(CO)NC(=O)c1cc(-c2ccco2)on1. The van der Waals surface area contributed by atoms with Crippen LogP contribution in [0, 0.1) is 0 Å². The summed E-state index contributed by atoms with van der Waals surface area (Å²) >= 11 is 0. The van der Waals surface area contributed by atoms with Crippen LogP contribution in [0.3, 0.4) is 0 Å². The van der Waals surface area contributed by atoms with E-state index >= 15 is 0 Å². The maximum absolute atomic E-state index is 11.6. The van der Waals surface area contributed by atoms with Crippen LogP contribution in [0.4, 0.5) is 0 Å². The van der Waals surface area contributed by atoms with Gasteiger partial charge in [-0.1, -0.05) is 5.16 Å². The molecule has 0 bridgehead atoms. The highest BCUT2D eigenvalue weighted by Crippen LogP contribution is 2.20. The summed E-state index contributed by atoms with van der Waals surface area (Å²) in [5.74, 6) is 0.497. The molecule has 2 aromatic rings. The van der Waals surface area contributed by atoms with Gasteiger partial charge < -0.3 is 19.4 Å². The van der Waals surface area contributed by atoms with Crippen molar-refractivity contribution in [2.75, 3.05) is 6.61 Å². The van der Waals surface area contributed by atoms with E-state index in [2.05, 4.69) is 10.5 Å². The van der Waals surface area contributed by atoms with E-state index in [4.69, 9.17) is 14.0 Å². The molecule has 6 heteroatoms.